The highest BCUT2D eigenvalue weighted by Crippen LogP contribution is 2.26. The van der Waals surface area contributed by atoms with E-state index in [4.69, 9.17) is 9.47 Å². The zero-order valence-corrected chi connectivity index (χ0v) is 11.6. The van der Waals surface area contributed by atoms with Crippen LogP contribution in [0.2, 0.25) is 0 Å². The van der Waals surface area contributed by atoms with Crippen LogP contribution in [0.25, 0.3) is 10.9 Å². The third-order valence-electron chi connectivity index (χ3n) is 3.20. The van der Waals surface area contributed by atoms with Crippen molar-refractivity contribution in [3.05, 3.63) is 30.5 Å². The molecule has 0 saturated carbocycles. The highest BCUT2D eigenvalue weighted by atomic mass is 16.5. The number of rotatable bonds is 5. The van der Waals surface area contributed by atoms with Gasteiger partial charge in [-0.25, -0.2) is 4.79 Å². The first-order valence-corrected chi connectivity index (χ1v) is 6.52. The Morgan fingerprint density at radius 3 is 2.74 bits per heavy atom. The van der Waals surface area contributed by atoms with Gasteiger partial charge >= 0.3 is 5.97 Å². The van der Waals surface area contributed by atoms with Crippen LogP contribution >= 0.6 is 0 Å². The Balaban J connectivity index is 2.42. The second-order valence-corrected chi connectivity index (χ2v) is 4.32. The summed E-state index contributed by atoms with van der Waals surface area (Å²) in [6.45, 7) is 4.58. The maximum absolute atomic E-state index is 11.8. The second kappa shape index (κ2) is 5.78. The first-order valence-electron chi connectivity index (χ1n) is 6.52. The standard InChI is InChI=1S/C15H19NO3/c1-4-13(15(17)18-3)16-9-8-11-10-12(19-5-2)6-7-14(11)16/h6-10,13H,4-5H2,1-3H3. The van der Waals surface area contributed by atoms with Crippen molar-refractivity contribution in [3.8, 4) is 5.75 Å². The van der Waals surface area contributed by atoms with Gasteiger partial charge < -0.3 is 14.0 Å². The van der Waals surface area contributed by atoms with Crippen LogP contribution in [0.4, 0.5) is 0 Å². The number of aromatic nitrogens is 1. The Morgan fingerprint density at radius 1 is 1.32 bits per heavy atom. The highest BCUT2D eigenvalue weighted by molar-refractivity contribution is 5.84. The maximum atomic E-state index is 11.8. The minimum absolute atomic E-state index is 0.214. The maximum Gasteiger partial charge on any atom is 0.328 e. The molecule has 0 aliphatic carbocycles. The second-order valence-electron chi connectivity index (χ2n) is 4.32. The summed E-state index contributed by atoms with van der Waals surface area (Å²) in [6, 6.07) is 7.60. The predicted octanol–water partition coefficient (Wildman–Crippen LogP) is 3.16. The van der Waals surface area contributed by atoms with Crippen LogP contribution in [0.15, 0.2) is 30.5 Å². The van der Waals surface area contributed by atoms with Crippen molar-refractivity contribution in [3.63, 3.8) is 0 Å². The Hall–Kier alpha value is -1.97. The van der Waals surface area contributed by atoms with E-state index in [9.17, 15) is 4.79 Å². The largest absolute Gasteiger partial charge is 0.494 e. The van der Waals surface area contributed by atoms with E-state index in [2.05, 4.69) is 0 Å². The highest BCUT2D eigenvalue weighted by Gasteiger charge is 2.20. The van der Waals surface area contributed by atoms with Crippen LogP contribution < -0.4 is 4.74 Å². The van der Waals surface area contributed by atoms with E-state index in [1.165, 1.54) is 7.11 Å². The molecule has 0 saturated heterocycles. The van der Waals surface area contributed by atoms with Crippen molar-refractivity contribution >= 4 is 16.9 Å². The van der Waals surface area contributed by atoms with Crippen LogP contribution in [0.5, 0.6) is 5.75 Å². The van der Waals surface area contributed by atoms with Crippen molar-refractivity contribution < 1.29 is 14.3 Å². The summed E-state index contributed by atoms with van der Waals surface area (Å²) in [6.07, 6.45) is 2.62. The van der Waals surface area contributed by atoms with Crippen LogP contribution in [0.3, 0.4) is 0 Å². The smallest absolute Gasteiger partial charge is 0.328 e. The van der Waals surface area contributed by atoms with Gasteiger partial charge in [-0.15, -0.1) is 0 Å². The fraction of sp³-hybridized carbons (Fsp3) is 0.400. The first-order chi connectivity index (χ1) is 9.21. The number of nitrogens with zero attached hydrogens (tertiary/aromatic N) is 1. The molecule has 0 radical (unpaired) electrons. The van der Waals surface area contributed by atoms with Crippen molar-refractivity contribution in [1.82, 2.24) is 4.57 Å². The summed E-state index contributed by atoms with van der Waals surface area (Å²) < 4.78 is 12.3. The van der Waals surface area contributed by atoms with Gasteiger partial charge in [-0.3, -0.25) is 0 Å². The van der Waals surface area contributed by atoms with Gasteiger partial charge in [0.05, 0.1) is 13.7 Å². The number of hydrogen-bond donors (Lipinski definition) is 0. The predicted molar refractivity (Wildman–Crippen MR) is 74.5 cm³/mol. The van der Waals surface area contributed by atoms with Gasteiger partial charge in [-0.1, -0.05) is 6.92 Å². The fourth-order valence-electron chi connectivity index (χ4n) is 2.28. The van der Waals surface area contributed by atoms with E-state index in [0.717, 1.165) is 16.7 Å². The van der Waals surface area contributed by atoms with Gasteiger partial charge in [0.15, 0.2) is 0 Å². The molecule has 1 aromatic carbocycles. The number of carbonyl (C=O) groups excluding carboxylic acids is 1. The molecule has 102 valence electrons. The van der Waals surface area contributed by atoms with Gasteiger partial charge in [0, 0.05) is 17.1 Å². The minimum Gasteiger partial charge on any atom is -0.494 e. The normalized spacial score (nSPS) is 12.4. The van der Waals surface area contributed by atoms with Crippen molar-refractivity contribution in [2.75, 3.05) is 13.7 Å². The molecule has 1 aromatic heterocycles. The van der Waals surface area contributed by atoms with Crippen LogP contribution in [0.1, 0.15) is 26.3 Å². The quantitative estimate of drug-likeness (QED) is 0.776. The average molecular weight is 261 g/mol. The van der Waals surface area contributed by atoms with E-state index >= 15 is 0 Å². The van der Waals surface area contributed by atoms with Gasteiger partial charge in [-0.05, 0) is 37.6 Å². The third kappa shape index (κ3) is 2.57. The lowest BCUT2D eigenvalue weighted by molar-refractivity contribution is -0.144. The van der Waals surface area contributed by atoms with Gasteiger partial charge in [0.2, 0.25) is 0 Å². The van der Waals surface area contributed by atoms with E-state index < -0.39 is 0 Å². The zero-order chi connectivity index (χ0) is 13.8. The number of methoxy groups -OCH3 is 1. The Labute approximate surface area is 112 Å². The number of carbonyl (C=O) groups is 1. The first kappa shape index (κ1) is 13.5. The molecule has 0 fully saturated rings. The van der Waals surface area contributed by atoms with Crippen LogP contribution in [0, 0.1) is 0 Å². The number of esters is 1. The zero-order valence-electron chi connectivity index (χ0n) is 11.6. The lowest BCUT2D eigenvalue weighted by Crippen LogP contribution is -2.19. The van der Waals surface area contributed by atoms with E-state index in [-0.39, 0.29) is 12.0 Å². The van der Waals surface area contributed by atoms with Gasteiger partial charge in [-0.2, -0.15) is 0 Å². The van der Waals surface area contributed by atoms with Gasteiger partial charge in [0.1, 0.15) is 11.8 Å². The number of hydrogen-bond acceptors (Lipinski definition) is 3. The Morgan fingerprint density at radius 2 is 2.11 bits per heavy atom. The van der Waals surface area contributed by atoms with Crippen molar-refractivity contribution in [2.45, 2.75) is 26.3 Å². The minimum atomic E-state index is -0.277. The Bertz CT molecular complexity index is 574. The fourth-order valence-corrected chi connectivity index (χ4v) is 2.28. The molecule has 2 aromatic rings. The molecule has 0 bridgehead atoms. The SMILES string of the molecule is CCOc1ccc2c(ccn2C(CC)C(=O)OC)c1. The average Bonchev–Trinajstić information content (AvgIpc) is 2.83. The van der Waals surface area contributed by atoms with E-state index in [0.29, 0.717) is 13.0 Å². The summed E-state index contributed by atoms with van der Waals surface area (Å²) in [7, 11) is 1.42. The number of ether oxygens (including phenoxy) is 2. The topological polar surface area (TPSA) is 40.5 Å². The summed E-state index contributed by atoms with van der Waals surface area (Å²) in [5.41, 5.74) is 1.01. The van der Waals surface area contributed by atoms with Crippen LogP contribution in [-0.2, 0) is 9.53 Å². The van der Waals surface area contributed by atoms with E-state index in [1.54, 1.807) is 0 Å². The lowest BCUT2D eigenvalue weighted by Gasteiger charge is -2.16. The molecule has 4 nitrogen and oxygen atoms in total. The number of benzene rings is 1. The molecular formula is C15H19NO3. The van der Waals surface area contributed by atoms with Gasteiger partial charge in [0.25, 0.3) is 0 Å². The molecule has 2 rings (SSSR count). The molecule has 1 atom stereocenters. The van der Waals surface area contributed by atoms with Crippen molar-refractivity contribution in [2.24, 2.45) is 0 Å². The molecule has 0 N–H and O–H groups in total. The molecule has 0 spiro atoms. The molecule has 19 heavy (non-hydrogen) atoms. The van der Waals surface area contributed by atoms with E-state index in [1.807, 2.05) is 48.9 Å². The lowest BCUT2D eigenvalue weighted by atomic mass is 10.2. The summed E-state index contributed by atoms with van der Waals surface area (Å²) in [4.78, 5) is 11.8. The molecule has 1 unspecified atom stereocenters. The van der Waals surface area contributed by atoms with Crippen LogP contribution in [-0.4, -0.2) is 24.3 Å². The summed E-state index contributed by atoms with van der Waals surface area (Å²) in [5.74, 6) is 0.632. The molecule has 0 amide bonds. The molecule has 1 heterocycles. The summed E-state index contributed by atoms with van der Waals surface area (Å²) in [5, 5.41) is 1.06. The number of fused-ring (bicyclic) bond motifs is 1. The Kier molecular flexibility index (Phi) is 4.10. The molecular weight excluding hydrogens is 242 g/mol. The third-order valence-corrected chi connectivity index (χ3v) is 3.20. The molecule has 0 aliphatic heterocycles. The van der Waals surface area contributed by atoms with Crippen molar-refractivity contribution in [1.29, 1.82) is 0 Å². The summed E-state index contributed by atoms with van der Waals surface area (Å²) >= 11 is 0. The molecule has 4 heteroatoms. The molecule has 0 aliphatic rings. The monoisotopic (exact) mass is 261 g/mol.